The van der Waals surface area contributed by atoms with Gasteiger partial charge in [0.25, 0.3) is 0 Å². The molecule has 0 saturated heterocycles. The summed E-state index contributed by atoms with van der Waals surface area (Å²) in [4.78, 5) is 5.03. The second kappa shape index (κ2) is 18.2. The van der Waals surface area contributed by atoms with Gasteiger partial charge in [0.05, 0.1) is 27.9 Å². The number of para-hydroxylation sites is 4. The molecule has 0 radical (unpaired) electrons. The Kier molecular flexibility index (Phi) is 10.4. The van der Waals surface area contributed by atoms with Gasteiger partial charge in [0, 0.05) is 22.6 Å². The van der Waals surface area contributed by atoms with Crippen LogP contribution < -0.4 is 9.80 Å². The fourth-order valence-electron chi connectivity index (χ4n) is 14.4. The van der Waals surface area contributed by atoms with E-state index in [2.05, 4.69) is 325 Å². The Bertz CT molecular complexity index is 4470. The maximum Gasteiger partial charge on any atom is 0.0755 e. The monoisotopic (exact) mass is 1020 g/mol. The molecule has 0 bridgehead atoms. The van der Waals surface area contributed by atoms with Crippen molar-refractivity contribution in [2.45, 2.75) is 10.8 Å². The van der Waals surface area contributed by atoms with Crippen molar-refractivity contribution in [3.05, 3.63) is 360 Å². The van der Waals surface area contributed by atoms with Crippen LogP contribution in [0.4, 0.5) is 34.1 Å². The second-order valence-electron chi connectivity index (χ2n) is 21.4. The second-order valence-corrected chi connectivity index (χ2v) is 21.4. The Morgan fingerprint density at radius 3 is 1.25 bits per heavy atom. The van der Waals surface area contributed by atoms with Crippen molar-refractivity contribution in [2.75, 3.05) is 9.80 Å². The standard InChI is InChI=1S/C78H52N2/c1-4-27-54(28-5-1)77(55-29-6-2-7-30-55)68-40-17-14-36-63(68)65-49-47-57(51-72(65)77)79(74-44-21-16-38-67(74)62-35-13-12-34-61(62)60-39-24-26-53-25-10-11-33-59(53)60)58-48-50-66-64-37-15-18-41-69(64)78(73(66)52-58)70-42-19-22-45-75(70)80(56-31-8-3-9-32-56)76-46-23-20-43-71(76)78/h1-52H. The summed E-state index contributed by atoms with van der Waals surface area (Å²) >= 11 is 0. The minimum absolute atomic E-state index is 0.597. The summed E-state index contributed by atoms with van der Waals surface area (Å²) in [7, 11) is 0. The molecule has 0 unspecified atom stereocenters. The summed E-state index contributed by atoms with van der Waals surface area (Å²) in [5, 5.41) is 2.45. The number of hydrogen-bond acceptors (Lipinski definition) is 2. The third kappa shape index (κ3) is 6.54. The van der Waals surface area contributed by atoms with Crippen LogP contribution in [0.1, 0.15) is 44.5 Å². The Balaban J connectivity index is 0.992. The fourth-order valence-corrected chi connectivity index (χ4v) is 14.4. The minimum Gasteiger partial charge on any atom is -0.310 e. The van der Waals surface area contributed by atoms with Crippen LogP contribution in [0.2, 0.25) is 0 Å². The number of fused-ring (bicyclic) bond motifs is 13. The zero-order valence-electron chi connectivity index (χ0n) is 43.9. The van der Waals surface area contributed by atoms with E-state index in [1.807, 2.05) is 0 Å². The number of hydrogen-bond donors (Lipinski definition) is 0. The highest BCUT2D eigenvalue weighted by Crippen LogP contribution is 2.65. The lowest BCUT2D eigenvalue weighted by atomic mass is 9.64. The van der Waals surface area contributed by atoms with Gasteiger partial charge in [-0.25, -0.2) is 0 Å². The molecule has 0 amide bonds. The van der Waals surface area contributed by atoms with Crippen LogP contribution in [0.15, 0.2) is 315 Å². The molecule has 1 aliphatic heterocycles. The topological polar surface area (TPSA) is 6.48 Å². The Hall–Kier alpha value is -10.3. The molecule has 0 N–H and O–H groups in total. The van der Waals surface area contributed by atoms with Crippen LogP contribution in [-0.4, -0.2) is 0 Å². The van der Waals surface area contributed by atoms with E-state index in [4.69, 9.17) is 0 Å². The number of rotatable bonds is 8. The molecular formula is C78H52N2. The molecule has 0 atom stereocenters. The Morgan fingerprint density at radius 1 is 0.250 bits per heavy atom. The molecule has 80 heavy (non-hydrogen) atoms. The summed E-state index contributed by atoms with van der Waals surface area (Å²) in [6.07, 6.45) is 0. The highest BCUT2D eigenvalue weighted by Gasteiger charge is 2.52. The van der Waals surface area contributed by atoms with E-state index in [0.717, 1.165) is 28.3 Å². The third-order valence-corrected chi connectivity index (χ3v) is 17.5. The van der Waals surface area contributed by atoms with Crippen LogP contribution in [0.25, 0.3) is 55.3 Å². The summed E-state index contributed by atoms with van der Waals surface area (Å²) in [6, 6.07) is 118. The van der Waals surface area contributed by atoms with Gasteiger partial charge in [-0.3, -0.25) is 0 Å². The van der Waals surface area contributed by atoms with Crippen LogP contribution in [0, 0.1) is 0 Å². The molecule has 374 valence electrons. The third-order valence-electron chi connectivity index (χ3n) is 17.5. The summed E-state index contributed by atoms with van der Waals surface area (Å²) in [6.45, 7) is 0. The first-order chi connectivity index (χ1) is 39.7. The Morgan fingerprint density at radius 2 is 0.650 bits per heavy atom. The van der Waals surface area contributed by atoms with Crippen molar-refractivity contribution in [1.29, 1.82) is 0 Å². The molecule has 13 aromatic rings. The molecule has 1 spiro atoms. The van der Waals surface area contributed by atoms with Gasteiger partial charge in [-0.1, -0.05) is 261 Å². The van der Waals surface area contributed by atoms with E-state index in [-0.39, 0.29) is 0 Å². The van der Waals surface area contributed by atoms with Crippen molar-refractivity contribution in [2.24, 2.45) is 0 Å². The first-order valence-corrected chi connectivity index (χ1v) is 27.8. The average Bonchev–Trinajstić information content (AvgIpc) is 4.13. The van der Waals surface area contributed by atoms with E-state index in [1.54, 1.807) is 0 Å². The van der Waals surface area contributed by atoms with Crippen molar-refractivity contribution in [3.63, 3.8) is 0 Å². The predicted octanol–water partition coefficient (Wildman–Crippen LogP) is 20.2. The molecule has 13 aromatic carbocycles. The van der Waals surface area contributed by atoms with E-state index in [0.29, 0.717) is 0 Å². The summed E-state index contributed by atoms with van der Waals surface area (Å²) < 4.78 is 0. The first-order valence-electron chi connectivity index (χ1n) is 27.8. The van der Waals surface area contributed by atoms with Crippen LogP contribution in [-0.2, 0) is 10.8 Å². The largest absolute Gasteiger partial charge is 0.310 e. The molecule has 0 fully saturated rings. The SMILES string of the molecule is c1ccc(N2c3ccccc3C3(c4ccccc4-c4ccc(N(c5ccc6c(c5)C(c5ccccc5)(c5ccccc5)c5ccccc5-6)c5ccccc5-c5ccccc5-c5cccc6ccccc56)cc43)c3ccccc32)cc1. The van der Waals surface area contributed by atoms with Gasteiger partial charge in [-0.2, -0.15) is 0 Å². The van der Waals surface area contributed by atoms with Crippen LogP contribution in [0.5, 0.6) is 0 Å². The van der Waals surface area contributed by atoms with E-state index >= 15 is 0 Å². The normalized spacial score (nSPS) is 13.7. The molecule has 2 heteroatoms. The number of nitrogens with zero attached hydrogens (tertiary/aromatic N) is 2. The zero-order chi connectivity index (χ0) is 52.8. The van der Waals surface area contributed by atoms with Gasteiger partial charge in [0.1, 0.15) is 0 Å². The lowest BCUT2D eigenvalue weighted by Crippen LogP contribution is -2.36. The quantitative estimate of drug-likeness (QED) is 0.150. The highest BCUT2D eigenvalue weighted by atomic mass is 15.2. The molecular weight excluding hydrogens is 965 g/mol. The van der Waals surface area contributed by atoms with Gasteiger partial charge in [-0.15, -0.1) is 0 Å². The van der Waals surface area contributed by atoms with Gasteiger partial charge in [-0.05, 0) is 149 Å². The van der Waals surface area contributed by atoms with E-state index < -0.39 is 10.8 Å². The maximum absolute atomic E-state index is 2.56. The molecule has 16 rings (SSSR count). The van der Waals surface area contributed by atoms with Crippen molar-refractivity contribution in [3.8, 4) is 44.5 Å². The Labute approximate surface area is 467 Å². The summed E-state index contributed by atoms with van der Waals surface area (Å²) in [5.74, 6) is 0. The van der Waals surface area contributed by atoms with E-state index in [9.17, 15) is 0 Å². The van der Waals surface area contributed by atoms with Crippen LogP contribution in [0.3, 0.4) is 0 Å². The van der Waals surface area contributed by atoms with Crippen molar-refractivity contribution >= 4 is 44.9 Å². The van der Waals surface area contributed by atoms with Gasteiger partial charge >= 0.3 is 0 Å². The van der Waals surface area contributed by atoms with Crippen molar-refractivity contribution in [1.82, 2.24) is 0 Å². The molecule has 2 nitrogen and oxygen atoms in total. The number of anilines is 6. The van der Waals surface area contributed by atoms with E-state index in [1.165, 1.54) is 106 Å². The molecule has 0 aromatic heterocycles. The number of benzene rings is 13. The smallest absolute Gasteiger partial charge is 0.0755 e. The lowest BCUT2D eigenvalue weighted by molar-refractivity contribution is 0.752. The fraction of sp³-hybridized carbons (Fsp3) is 0.0256. The summed E-state index contributed by atoms with van der Waals surface area (Å²) in [5.41, 5.74) is 25.3. The lowest BCUT2D eigenvalue weighted by Gasteiger charge is -2.45. The van der Waals surface area contributed by atoms with Gasteiger partial charge in [0.15, 0.2) is 0 Å². The van der Waals surface area contributed by atoms with Crippen molar-refractivity contribution < 1.29 is 0 Å². The maximum atomic E-state index is 2.56. The predicted molar refractivity (Wildman–Crippen MR) is 332 cm³/mol. The molecule has 0 saturated carbocycles. The molecule has 1 heterocycles. The first kappa shape index (κ1) is 45.9. The van der Waals surface area contributed by atoms with Gasteiger partial charge < -0.3 is 9.80 Å². The minimum atomic E-state index is -0.651. The molecule has 3 aliphatic rings. The van der Waals surface area contributed by atoms with Crippen LogP contribution >= 0.6 is 0 Å². The average molecular weight is 1020 g/mol. The van der Waals surface area contributed by atoms with Gasteiger partial charge in [0.2, 0.25) is 0 Å². The highest BCUT2D eigenvalue weighted by molar-refractivity contribution is 6.04. The molecule has 2 aliphatic carbocycles. The zero-order valence-corrected chi connectivity index (χ0v) is 43.9.